The highest BCUT2D eigenvalue weighted by atomic mass is 28.4. The normalized spacial score (nSPS) is 24.1. The number of ether oxygens (including phenoxy) is 1. The number of ketones is 1. The fourth-order valence-corrected chi connectivity index (χ4v) is 5.08. The zero-order valence-electron chi connectivity index (χ0n) is 15.4. The van der Waals surface area contributed by atoms with Crippen molar-refractivity contribution in [2.24, 2.45) is 11.8 Å². The van der Waals surface area contributed by atoms with Gasteiger partial charge in [0.2, 0.25) is 8.32 Å². The molecule has 0 fully saturated rings. The summed E-state index contributed by atoms with van der Waals surface area (Å²) < 4.78 is 11.5. The van der Waals surface area contributed by atoms with Gasteiger partial charge in [-0.05, 0) is 81.1 Å². The molecule has 3 nitrogen and oxygen atoms in total. The molecule has 0 aromatic heterocycles. The Morgan fingerprint density at radius 3 is 2.46 bits per heavy atom. The zero-order chi connectivity index (χ0) is 17.5. The number of Topliss-reactive ketones (excluding diaryl/α,β-unsaturated/α-hetero) is 1. The van der Waals surface area contributed by atoms with Crippen molar-refractivity contribution in [2.75, 3.05) is 7.11 Å². The Balaban J connectivity index is 1.83. The van der Waals surface area contributed by atoms with E-state index in [-0.39, 0.29) is 5.92 Å². The quantitative estimate of drug-likeness (QED) is 0.723. The highest BCUT2D eigenvalue weighted by Crippen LogP contribution is 2.43. The Morgan fingerprint density at radius 1 is 1.08 bits per heavy atom. The van der Waals surface area contributed by atoms with Crippen molar-refractivity contribution in [3.8, 4) is 5.75 Å². The van der Waals surface area contributed by atoms with Crippen LogP contribution in [0.1, 0.15) is 42.1 Å². The minimum Gasteiger partial charge on any atom is -0.547 e. The molecule has 0 saturated carbocycles. The molecular formula is C20H28O3Si. The van der Waals surface area contributed by atoms with E-state index in [4.69, 9.17) is 9.16 Å². The topological polar surface area (TPSA) is 35.5 Å². The number of hydrogen-bond acceptors (Lipinski definition) is 3. The van der Waals surface area contributed by atoms with Crippen molar-refractivity contribution in [1.29, 1.82) is 0 Å². The van der Waals surface area contributed by atoms with Gasteiger partial charge >= 0.3 is 0 Å². The third-order valence-electron chi connectivity index (χ3n) is 5.23. The summed E-state index contributed by atoms with van der Waals surface area (Å²) in [5, 5.41) is 0. The molecule has 0 amide bonds. The Kier molecular flexibility index (Phi) is 4.60. The van der Waals surface area contributed by atoms with Gasteiger partial charge < -0.3 is 9.16 Å². The molecule has 0 spiro atoms. The molecule has 1 aromatic carbocycles. The monoisotopic (exact) mass is 344 g/mol. The number of carbonyl (C=O) groups is 1. The lowest BCUT2D eigenvalue weighted by molar-refractivity contribution is 0.0863. The lowest BCUT2D eigenvalue weighted by Gasteiger charge is -2.29. The lowest BCUT2D eigenvalue weighted by Crippen LogP contribution is -2.29. The molecule has 2 aliphatic carbocycles. The summed E-state index contributed by atoms with van der Waals surface area (Å²) in [6, 6.07) is 5.85. The fourth-order valence-electron chi connectivity index (χ4n) is 4.08. The van der Waals surface area contributed by atoms with Gasteiger partial charge in [-0.15, -0.1) is 0 Å². The fraction of sp³-hybridized carbons (Fsp3) is 0.550. The molecule has 4 heteroatoms. The summed E-state index contributed by atoms with van der Waals surface area (Å²) in [6.07, 6.45) is 3.92. The molecule has 2 aliphatic rings. The van der Waals surface area contributed by atoms with Gasteiger partial charge in [-0.2, -0.15) is 0 Å². The second-order valence-corrected chi connectivity index (χ2v) is 12.4. The summed E-state index contributed by atoms with van der Waals surface area (Å²) in [7, 11) is 0.0835. The summed E-state index contributed by atoms with van der Waals surface area (Å²) in [6.45, 7) is 8.83. The van der Waals surface area contributed by atoms with E-state index >= 15 is 0 Å². The second kappa shape index (κ2) is 6.39. The Bertz CT molecular complexity index is 685. The molecule has 1 aromatic rings. The minimum absolute atomic E-state index is 0.105. The number of allylic oxidation sites excluding steroid dienone is 2. The molecule has 3 rings (SSSR count). The maximum absolute atomic E-state index is 13.0. The standard InChI is InChI=1S/C20H28O3Si/c1-13-16(10-11-19(13)23-24(3,4)5)18-8-6-14-12-15(22-2)7-9-17(14)20(18)21/h7,9,12,16,18H,6,8,10-11H2,1-5H3/t16-,18?/m1/s1. The first-order valence-corrected chi connectivity index (χ1v) is 12.3. The van der Waals surface area contributed by atoms with E-state index in [9.17, 15) is 4.79 Å². The summed E-state index contributed by atoms with van der Waals surface area (Å²) in [5.41, 5.74) is 3.33. The van der Waals surface area contributed by atoms with Gasteiger partial charge in [0.15, 0.2) is 5.78 Å². The molecule has 0 heterocycles. The number of hydrogen-bond donors (Lipinski definition) is 0. The number of methoxy groups -OCH3 is 1. The number of aryl methyl sites for hydroxylation is 1. The van der Waals surface area contributed by atoms with Crippen LogP contribution in [0.3, 0.4) is 0 Å². The van der Waals surface area contributed by atoms with Crippen molar-refractivity contribution in [3.63, 3.8) is 0 Å². The van der Waals surface area contributed by atoms with Gasteiger partial charge in [0.25, 0.3) is 0 Å². The van der Waals surface area contributed by atoms with Crippen LogP contribution in [0.4, 0.5) is 0 Å². The third-order valence-corrected chi connectivity index (χ3v) is 6.09. The maximum Gasteiger partial charge on any atom is 0.241 e. The number of carbonyl (C=O) groups excluding carboxylic acids is 1. The summed E-state index contributed by atoms with van der Waals surface area (Å²) in [5.74, 6) is 2.75. The predicted octanol–water partition coefficient (Wildman–Crippen LogP) is 4.98. The summed E-state index contributed by atoms with van der Waals surface area (Å²) >= 11 is 0. The second-order valence-electron chi connectivity index (χ2n) is 8.00. The molecule has 0 radical (unpaired) electrons. The molecule has 0 saturated heterocycles. The van der Waals surface area contributed by atoms with E-state index < -0.39 is 8.32 Å². The number of fused-ring (bicyclic) bond motifs is 1. The van der Waals surface area contributed by atoms with Crippen molar-refractivity contribution in [2.45, 2.75) is 52.2 Å². The molecule has 130 valence electrons. The Hall–Kier alpha value is -1.55. The Labute approximate surface area is 146 Å². The van der Waals surface area contributed by atoms with E-state index in [2.05, 4.69) is 26.6 Å². The third kappa shape index (κ3) is 3.29. The van der Waals surface area contributed by atoms with Crippen LogP contribution in [0.5, 0.6) is 5.75 Å². The molecule has 2 atom stereocenters. The lowest BCUT2D eigenvalue weighted by atomic mass is 9.74. The number of benzene rings is 1. The molecule has 0 bridgehead atoms. The molecule has 0 aliphatic heterocycles. The van der Waals surface area contributed by atoms with Gasteiger partial charge in [-0.1, -0.05) is 0 Å². The van der Waals surface area contributed by atoms with Crippen LogP contribution in [-0.4, -0.2) is 21.2 Å². The van der Waals surface area contributed by atoms with E-state index in [1.807, 2.05) is 18.2 Å². The largest absolute Gasteiger partial charge is 0.547 e. The minimum atomic E-state index is -1.59. The SMILES string of the molecule is COc1ccc2c(c1)CCC([C@@H]1CCC(O[Si](C)(C)C)=C1C)C2=O. The molecular weight excluding hydrogens is 316 g/mol. The van der Waals surface area contributed by atoms with Crippen molar-refractivity contribution < 1.29 is 14.0 Å². The van der Waals surface area contributed by atoms with E-state index in [1.165, 1.54) is 5.57 Å². The molecule has 1 unspecified atom stereocenters. The van der Waals surface area contributed by atoms with Gasteiger partial charge in [-0.3, -0.25) is 4.79 Å². The van der Waals surface area contributed by atoms with Crippen LogP contribution in [-0.2, 0) is 10.8 Å². The Morgan fingerprint density at radius 2 is 1.79 bits per heavy atom. The maximum atomic E-state index is 13.0. The van der Waals surface area contributed by atoms with Crippen LogP contribution in [0.15, 0.2) is 29.5 Å². The summed E-state index contributed by atoms with van der Waals surface area (Å²) in [4.78, 5) is 13.0. The van der Waals surface area contributed by atoms with E-state index in [1.54, 1.807) is 7.11 Å². The highest BCUT2D eigenvalue weighted by molar-refractivity contribution is 6.70. The predicted molar refractivity (Wildman–Crippen MR) is 99.0 cm³/mol. The van der Waals surface area contributed by atoms with E-state index in [0.29, 0.717) is 11.7 Å². The first-order chi connectivity index (χ1) is 11.3. The molecule has 0 N–H and O–H groups in total. The smallest absolute Gasteiger partial charge is 0.241 e. The van der Waals surface area contributed by atoms with Crippen molar-refractivity contribution >= 4 is 14.1 Å². The van der Waals surface area contributed by atoms with Crippen molar-refractivity contribution in [1.82, 2.24) is 0 Å². The zero-order valence-corrected chi connectivity index (χ0v) is 16.4. The van der Waals surface area contributed by atoms with Gasteiger partial charge in [0.05, 0.1) is 12.9 Å². The highest BCUT2D eigenvalue weighted by Gasteiger charge is 2.38. The average molecular weight is 345 g/mol. The molecule has 24 heavy (non-hydrogen) atoms. The average Bonchev–Trinajstić information content (AvgIpc) is 2.86. The number of rotatable bonds is 4. The van der Waals surface area contributed by atoms with Gasteiger partial charge in [0.1, 0.15) is 5.75 Å². The van der Waals surface area contributed by atoms with E-state index in [0.717, 1.165) is 48.3 Å². The van der Waals surface area contributed by atoms with Crippen molar-refractivity contribution in [3.05, 3.63) is 40.7 Å². The first-order valence-electron chi connectivity index (χ1n) is 8.90. The van der Waals surface area contributed by atoms with Crippen LogP contribution < -0.4 is 4.74 Å². The van der Waals surface area contributed by atoms with Crippen LogP contribution in [0, 0.1) is 11.8 Å². The van der Waals surface area contributed by atoms with Crippen LogP contribution >= 0.6 is 0 Å². The van der Waals surface area contributed by atoms with Gasteiger partial charge in [0, 0.05) is 17.9 Å². The van der Waals surface area contributed by atoms with Crippen LogP contribution in [0.2, 0.25) is 19.6 Å². The first kappa shape index (κ1) is 17.3. The van der Waals surface area contributed by atoms with Crippen LogP contribution in [0.25, 0.3) is 0 Å². The van der Waals surface area contributed by atoms with Gasteiger partial charge in [-0.25, -0.2) is 0 Å².